The highest BCUT2D eigenvalue weighted by Gasteiger charge is 2.21. The van der Waals surface area contributed by atoms with Crippen molar-refractivity contribution in [3.8, 4) is 5.95 Å². The minimum absolute atomic E-state index is 0.568. The molecule has 0 radical (unpaired) electrons. The van der Waals surface area contributed by atoms with E-state index in [0.29, 0.717) is 17.8 Å². The Hall–Kier alpha value is -3.74. The van der Waals surface area contributed by atoms with Gasteiger partial charge in [-0.25, -0.2) is 4.98 Å². The minimum Gasteiger partial charge on any atom is -0.341 e. The topological polar surface area (TPSA) is 63.0 Å². The molecular weight excluding hydrogens is 386 g/mol. The zero-order valence-electron chi connectivity index (χ0n) is 17.4. The molecule has 0 atom stereocenters. The molecule has 1 fully saturated rings. The fourth-order valence-electron chi connectivity index (χ4n) is 3.88. The van der Waals surface area contributed by atoms with Crippen LogP contribution in [0.1, 0.15) is 25.7 Å². The van der Waals surface area contributed by atoms with Crippen LogP contribution in [0.3, 0.4) is 0 Å². The molecule has 5 rings (SSSR count). The van der Waals surface area contributed by atoms with Crippen molar-refractivity contribution in [1.29, 1.82) is 0 Å². The number of nitrogens with zero attached hydrogens (tertiary/aromatic N) is 7. The zero-order valence-corrected chi connectivity index (χ0v) is 17.4. The molecular formula is C24H25N7. The lowest BCUT2D eigenvalue weighted by Crippen LogP contribution is -2.28. The van der Waals surface area contributed by atoms with E-state index >= 15 is 0 Å². The van der Waals surface area contributed by atoms with Crippen LogP contribution in [0.15, 0.2) is 79.4 Å². The highest BCUT2D eigenvalue weighted by molar-refractivity contribution is 5.73. The molecule has 0 N–H and O–H groups in total. The average molecular weight is 412 g/mol. The van der Waals surface area contributed by atoms with E-state index in [0.717, 1.165) is 37.3 Å². The molecule has 1 saturated heterocycles. The third-order valence-electron chi connectivity index (χ3n) is 5.45. The first kappa shape index (κ1) is 19.2. The normalized spacial score (nSPS) is 14.3. The molecule has 0 spiro atoms. The summed E-state index contributed by atoms with van der Waals surface area (Å²) < 4.78 is 1.83. The van der Waals surface area contributed by atoms with Gasteiger partial charge in [-0.1, -0.05) is 49.2 Å². The van der Waals surface area contributed by atoms with Gasteiger partial charge in [0.1, 0.15) is 6.33 Å². The van der Waals surface area contributed by atoms with Crippen molar-refractivity contribution >= 4 is 23.3 Å². The van der Waals surface area contributed by atoms with Crippen LogP contribution in [-0.4, -0.2) is 37.6 Å². The number of hydrogen-bond acceptors (Lipinski definition) is 6. The summed E-state index contributed by atoms with van der Waals surface area (Å²) in [4.78, 5) is 23.2. The Morgan fingerprint density at radius 1 is 0.677 bits per heavy atom. The monoisotopic (exact) mass is 411 g/mol. The largest absolute Gasteiger partial charge is 0.341 e. The second-order valence-electron chi connectivity index (χ2n) is 7.61. The minimum atomic E-state index is 0.568. The summed E-state index contributed by atoms with van der Waals surface area (Å²) in [5.74, 6) is 1.88. The highest BCUT2D eigenvalue weighted by Crippen LogP contribution is 2.33. The van der Waals surface area contributed by atoms with Crippen molar-refractivity contribution < 1.29 is 0 Å². The van der Waals surface area contributed by atoms with E-state index in [1.54, 1.807) is 12.5 Å². The van der Waals surface area contributed by atoms with E-state index in [-0.39, 0.29) is 0 Å². The van der Waals surface area contributed by atoms with Gasteiger partial charge in [0, 0.05) is 36.9 Å². The quantitative estimate of drug-likeness (QED) is 0.465. The van der Waals surface area contributed by atoms with Crippen LogP contribution >= 0.6 is 0 Å². The van der Waals surface area contributed by atoms with Crippen LogP contribution in [0.5, 0.6) is 0 Å². The van der Waals surface area contributed by atoms with Crippen LogP contribution in [0, 0.1) is 0 Å². The Morgan fingerprint density at radius 3 is 1.87 bits per heavy atom. The number of benzene rings is 2. The van der Waals surface area contributed by atoms with Gasteiger partial charge in [-0.3, -0.25) is 9.47 Å². The molecule has 0 bridgehead atoms. The number of anilines is 4. The smallest absolute Gasteiger partial charge is 0.241 e. The van der Waals surface area contributed by atoms with Gasteiger partial charge in [0.05, 0.1) is 0 Å². The van der Waals surface area contributed by atoms with Crippen LogP contribution in [0.2, 0.25) is 0 Å². The summed E-state index contributed by atoms with van der Waals surface area (Å²) in [6.07, 6.45) is 10.1. The summed E-state index contributed by atoms with van der Waals surface area (Å²) in [7, 11) is 0. The fraction of sp³-hybridized carbons (Fsp3) is 0.250. The molecule has 2 aromatic carbocycles. The number of rotatable bonds is 5. The molecule has 0 saturated carbocycles. The lowest BCUT2D eigenvalue weighted by atomic mass is 10.2. The second kappa shape index (κ2) is 8.95. The molecule has 3 heterocycles. The second-order valence-corrected chi connectivity index (χ2v) is 7.61. The van der Waals surface area contributed by atoms with E-state index < -0.39 is 0 Å². The van der Waals surface area contributed by atoms with E-state index in [4.69, 9.17) is 15.0 Å². The zero-order chi connectivity index (χ0) is 20.9. The maximum Gasteiger partial charge on any atom is 0.241 e. The maximum absolute atomic E-state index is 4.96. The number of hydrogen-bond donors (Lipinski definition) is 0. The van der Waals surface area contributed by atoms with Crippen LogP contribution in [0.25, 0.3) is 5.95 Å². The summed E-state index contributed by atoms with van der Waals surface area (Å²) >= 11 is 0. The lowest BCUT2D eigenvalue weighted by Gasteiger charge is -2.26. The molecule has 4 aromatic rings. The van der Waals surface area contributed by atoms with Crippen LogP contribution < -0.4 is 9.80 Å². The Kier molecular flexibility index (Phi) is 5.56. The molecule has 2 aromatic heterocycles. The Morgan fingerprint density at radius 2 is 1.29 bits per heavy atom. The molecule has 0 aliphatic carbocycles. The first-order valence-corrected chi connectivity index (χ1v) is 10.8. The molecule has 7 heteroatoms. The van der Waals surface area contributed by atoms with Crippen molar-refractivity contribution in [3.05, 3.63) is 79.4 Å². The Balaban J connectivity index is 1.66. The van der Waals surface area contributed by atoms with E-state index in [1.165, 1.54) is 12.8 Å². The maximum atomic E-state index is 4.96. The highest BCUT2D eigenvalue weighted by atomic mass is 15.4. The number of para-hydroxylation sites is 2. The summed E-state index contributed by atoms with van der Waals surface area (Å²) in [6.45, 7) is 1.92. The molecule has 0 amide bonds. The van der Waals surface area contributed by atoms with Gasteiger partial charge in [-0.2, -0.15) is 15.0 Å². The van der Waals surface area contributed by atoms with Gasteiger partial charge >= 0.3 is 0 Å². The lowest BCUT2D eigenvalue weighted by molar-refractivity contribution is 0.726. The average Bonchev–Trinajstić information content (AvgIpc) is 3.23. The fourth-order valence-corrected chi connectivity index (χ4v) is 3.88. The molecule has 1 aliphatic rings. The van der Waals surface area contributed by atoms with Gasteiger partial charge in [0.15, 0.2) is 0 Å². The SMILES string of the molecule is c1ccc(N(c2ccccc2)c2nc(N3CCCCCC3)nc(-n3ccnc3)n2)cc1. The van der Waals surface area contributed by atoms with Gasteiger partial charge in [0.2, 0.25) is 17.8 Å². The molecule has 31 heavy (non-hydrogen) atoms. The van der Waals surface area contributed by atoms with Gasteiger partial charge in [0.25, 0.3) is 0 Å². The number of imidazole rings is 1. The summed E-state index contributed by atoms with van der Waals surface area (Å²) in [5, 5.41) is 0. The van der Waals surface area contributed by atoms with Crippen LogP contribution in [0.4, 0.5) is 23.3 Å². The van der Waals surface area contributed by atoms with Gasteiger partial charge in [-0.15, -0.1) is 0 Å². The first-order valence-electron chi connectivity index (χ1n) is 10.8. The van der Waals surface area contributed by atoms with Crippen molar-refractivity contribution in [2.75, 3.05) is 22.9 Å². The standard InChI is InChI=1S/C24H25N7/c1-2-10-17-29(16-9-1)22-26-23(30-18-15-25-19-30)28-24(27-22)31(20-11-5-3-6-12-20)21-13-7-4-8-14-21/h3-8,11-15,18-19H,1-2,9-10,16-17H2. The van der Waals surface area contributed by atoms with Crippen molar-refractivity contribution in [2.45, 2.75) is 25.7 Å². The van der Waals surface area contributed by atoms with Gasteiger partial charge in [-0.05, 0) is 37.1 Å². The summed E-state index contributed by atoms with van der Waals surface area (Å²) in [6, 6.07) is 20.4. The third kappa shape index (κ3) is 4.26. The molecule has 1 aliphatic heterocycles. The van der Waals surface area contributed by atoms with Crippen LogP contribution in [-0.2, 0) is 0 Å². The van der Waals surface area contributed by atoms with E-state index in [2.05, 4.69) is 39.0 Å². The van der Waals surface area contributed by atoms with E-state index in [9.17, 15) is 0 Å². The van der Waals surface area contributed by atoms with E-state index in [1.807, 2.05) is 47.2 Å². The van der Waals surface area contributed by atoms with Crippen molar-refractivity contribution in [1.82, 2.24) is 24.5 Å². The predicted octanol–water partition coefficient (Wildman–Crippen LogP) is 4.91. The predicted molar refractivity (Wildman–Crippen MR) is 122 cm³/mol. The van der Waals surface area contributed by atoms with Crippen molar-refractivity contribution in [2.24, 2.45) is 0 Å². The van der Waals surface area contributed by atoms with Gasteiger partial charge < -0.3 is 4.90 Å². The third-order valence-corrected chi connectivity index (χ3v) is 5.45. The first-order chi connectivity index (χ1) is 15.4. The molecule has 156 valence electrons. The Labute approximate surface area is 182 Å². The summed E-state index contributed by atoms with van der Waals surface area (Å²) in [5.41, 5.74) is 2.00. The molecule has 0 unspecified atom stereocenters. The van der Waals surface area contributed by atoms with Crippen molar-refractivity contribution in [3.63, 3.8) is 0 Å². The molecule has 7 nitrogen and oxygen atoms in total. The Bertz CT molecular complexity index is 1050. The number of aromatic nitrogens is 5.